The molecule has 1 unspecified atom stereocenters. The molecule has 0 aromatic heterocycles. The van der Waals surface area contributed by atoms with Gasteiger partial charge in [-0.1, -0.05) is 36.2 Å². The van der Waals surface area contributed by atoms with E-state index in [2.05, 4.69) is 41.6 Å². The number of hydrogen-bond acceptors (Lipinski definition) is 1. The summed E-state index contributed by atoms with van der Waals surface area (Å²) in [6.07, 6.45) is 4.20. The molecule has 0 saturated carbocycles. The first-order chi connectivity index (χ1) is 6.05. The maximum absolute atomic E-state index is 3.59. The Morgan fingerprint density at radius 1 is 1.38 bits per heavy atom. The molecule has 0 aromatic rings. The first-order valence-corrected chi connectivity index (χ1v) is 6.47. The van der Waals surface area contributed by atoms with Gasteiger partial charge < -0.3 is 4.90 Å². The predicted molar refractivity (Wildman–Crippen MR) is 62.5 cm³/mol. The molecule has 1 rings (SSSR count). The van der Waals surface area contributed by atoms with Crippen molar-refractivity contribution in [2.75, 3.05) is 18.4 Å². The van der Waals surface area contributed by atoms with E-state index in [4.69, 9.17) is 0 Å². The lowest BCUT2D eigenvalue weighted by Crippen LogP contribution is -2.43. The molecule has 0 aliphatic carbocycles. The molecule has 2 heteroatoms. The molecule has 0 spiro atoms. The van der Waals surface area contributed by atoms with Crippen molar-refractivity contribution >= 4 is 15.9 Å². The van der Waals surface area contributed by atoms with E-state index in [1.807, 2.05) is 0 Å². The summed E-state index contributed by atoms with van der Waals surface area (Å²) in [6, 6.07) is 0.798. The van der Waals surface area contributed by atoms with Crippen LogP contribution >= 0.6 is 15.9 Å². The van der Waals surface area contributed by atoms with E-state index in [9.17, 15) is 0 Å². The van der Waals surface area contributed by atoms with E-state index < -0.39 is 0 Å². The summed E-state index contributed by atoms with van der Waals surface area (Å²) in [7, 11) is 0. The largest absolute Gasteiger partial charge is 0.300 e. The van der Waals surface area contributed by atoms with Gasteiger partial charge in [-0.3, -0.25) is 0 Å². The molecule has 0 aromatic carbocycles. The van der Waals surface area contributed by atoms with Crippen LogP contribution in [-0.2, 0) is 0 Å². The molecule has 1 aliphatic rings. The number of likely N-dealkylation sites (tertiary alicyclic amines) is 1. The maximum Gasteiger partial charge on any atom is 0.00949 e. The van der Waals surface area contributed by atoms with Crippen LogP contribution in [-0.4, -0.2) is 29.4 Å². The van der Waals surface area contributed by atoms with E-state index in [0.717, 1.165) is 11.4 Å². The average molecular weight is 248 g/mol. The summed E-state index contributed by atoms with van der Waals surface area (Å²) in [4.78, 5) is 2.64. The summed E-state index contributed by atoms with van der Waals surface area (Å²) in [5.41, 5.74) is 0.422. The monoisotopic (exact) mass is 247 g/mol. The summed E-state index contributed by atoms with van der Waals surface area (Å²) >= 11 is 3.59. The van der Waals surface area contributed by atoms with Gasteiger partial charge in [-0.25, -0.2) is 0 Å². The molecular weight excluding hydrogens is 226 g/mol. The molecule has 0 amide bonds. The fraction of sp³-hybridized carbons (Fsp3) is 1.00. The summed E-state index contributed by atoms with van der Waals surface area (Å²) < 4.78 is 0. The molecule has 0 N–H and O–H groups in total. The van der Waals surface area contributed by atoms with Crippen LogP contribution in [0, 0.1) is 5.41 Å². The highest BCUT2D eigenvalue weighted by Gasteiger charge is 2.25. The Morgan fingerprint density at radius 2 is 2.08 bits per heavy atom. The van der Waals surface area contributed by atoms with Crippen LogP contribution in [0.25, 0.3) is 0 Å². The number of hydrogen-bond donors (Lipinski definition) is 0. The molecule has 78 valence electrons. The molecule has 1 heterocycles. The zero-order valence-corrected chi connectivity index (χ0v) is 10.7. The van der Waals surface area contributed by atoms with Crippen LogP contribution in [0.5, 0.6) is 0 Å². The van der Waals surface area contributed by atoms with Crippen molar-refractivity contribution in [1.82, 2.24) is 4.90 Å². The number of piperidine rings is 1. The third-order valence-electron chi connectivity index (χ3n) is 2.93. The highest BCUT2D eigenvalue weighted by atomic mass is 79.9. The maximum atomic E-state index is 3.59. The van der Waals surface area contributed by atoms with Crippen LogP contribution in [0.4, 0.5) is 0 Å². The van der Waals surface area contributed by atoms with Gasteiger partial charge in [0.05, 0.1) is 0 Å². The lowest BCUT2D eigenvalue weighted by atomic mass is 9.93. The zero-order chi connectivity index (χ0) is 9.90. The van der Waals surface area contributed by atoms with Gasteiger partial charge in [0.25, 0.3) is 0 Å². The third kappa shape index (κ3) is 3.59. The smallest absolute Gasteiger partial charge is 0.00949 e. The molecular formula is C11H22BrN. The summed E-state index contributed by atoms with van der Waals surface area (Å²) in [5.74, 6) is 0. The van der Waals surface area contributed by atoms with Gasteiger partial charge in [-0.05, 0) is 31.7 Å². The minimum atomic E-state index is 0.422. The van der Waals surface area contributed by atoms with Crippen LogP contribution in [0.15, 0.2) is 0 Å². The van der Waals surface area contributed by atoms with E-state index in [1.165, 1.54) is 32.4 Å². The summed E-state index contributed by atoms with van der Waals surface area (Å²) in [6.45, 7) is 9.58. The topological polar surface area (TPSA) is 3.24 Å². The Bertz CT molecular complexity index is 156. The van der Waals surface area contributed by atoms with Gasteiger partial charge >= 0.3 is 0 Å². The van der Waals surface area contributed by atoms with Crippen molar-refractivity contribution in [3.63, 3.8) is 0 Å². The molecule has 13 heavy (non-hydrogen) atoms. The molecule has 0 radical (unpaired) electrons. The number of alkyl halides is 1. The Labute approximate surface area is 91.0 Å². The molecule has 0 bridgehead atoms. The molecule has 1 saturated heterocycles. The van der Waals surface area contributed by atoms with Gasteiger partial charge in [0.2, 0.25) is 0 Å². The van der Waals surface area contributed by atoms with Crippen molar-refractivity contribution in [2.24, 2.45) is 5.41 Å². The second kappa shape index (κ2) is 4.79. The fourth-order valence-electron chi connectivity index (χ4n) is 1.98. The normalized spacial score (nSPS) is 26.3. The van der Waals surface area contributed by atoms with Crippen molar-refractivity contribution in [3.8, 4) is 0 Å². The Hall–Kier alpha value is 0.440. The van der Waals surface area contributed by atoms with E-state index in [-0.39, 0.29) is 0 Å². The highest BCUT2D eigenvalue weighted by molar-refractivity contribution is 9.09. The number of rotatable bonds is 3. The SMILES string of the molecule is CC1CCCCN1CC(C)(C)CBr. The standard InChI is InChI=1S/C11H22BrN/c1-10-6-4-5-7-13(10)9-11(2,3)8-12/h10H,4-9H2,1-3H3. The second-order valence-corrected chi connectivity index (χ2v) is 5.67. The van der Waals surface area contributed by atoms with Crippen molar-refractivity contribution in [1.29, 1.82) is 0 Å². The Balaban J connectivity index is 2.42. The van der Waals surface area contributed by atoms with Gasteiger partial charge in [-0.2, -0.15) is 0 Å². The number of halogens is 1. The number of nitrogens with zero attached hydrogens (tertiary/aromatic N) is 1. The zero-order valence-electron chi connectivity index (χ0n) is 9.15. The Morgan fingerprint density at radius 3 is 2.62 bits per heavy atom. The first-order valence-electron chi connectivity index (χ1n) is 5.35. The predicted octanol–water partition coefficient (Wildman–Crippen LogP) is 3.28. The van der Waals surface area contributed by atoms with Gasteiger partial charge in [-0.15, -0.1) is 0 Å². The van der Waals surface area contributed by atoms with Gasteiger partial charge in [0, 0.05) is 17.9 Å². The Kier molecular flexibility index (Phi) is 4.24. The van der Waals surface area contributed by atoms with E-state index >= 15 is 0 Å². The van der Waals surface area contributed by atoms with E-state index in [1.54, 1.807) is 0 Å². The van der Waals surface area contributed by atoms with E-state index in [0.29, 0.717) is 5.41 Å². The van der Waals surface area contributed by atoms with Gasteiger partial charge in [0.1, 0.15) is 0 Å². The minimum Gasteiger partial charge on any atom is -0.300 e. The highest BCUT2D eigenvalue weighted by Crippen LogP contribution is 2.24. The lowest BCUT2D eigenvalue weighted by molar-refractivity contribution is 0.115. The average Bonchev–Trinajstić information content (AvgIpc) is 2.09. The van der Waals surface area contributed by atoms with Crippen molar-refractivity contribution < 1.29 is 0 Å². The minimum absolute atomic E-state index is 0.422. The third-order valence-corrected chi connectivity index (χ3v) is 4.45. The van der Waals surface area contributed by atoms with Crippen LogP contribution in [0.1, 0.15) is 40.0 Å². The quantitative estimate of drug-likeness (QED) is 0.693. The second-order valence-electron chi connectivity index (χ2n) is 5.11. The summed E-state index contributed by atoms with van der Waals surface area (Å²) in [5, 5.41) is 1.10. The van der Waals surface area contributed by atoms with Crippen LogP contribution < -0.4 is 0 Å². The van der Waals surface area contributed by atoms with Crippen LogP contribution in [0.3, 0.4) is 0 Å². The molecule has 1 nitrogen and oxygen atoms in total. The molecule has 1 aliphatic heterocycles. The fourth-order valence-corrected chi connectivity index (χ4v) is 2.16. The van der Waals surface area contributed by atoms with Crippen molar-refractivity contribution in [2.45, 2.75) is 46.1 Å². The van der Waals surface area contributed by atoms with Crippen LogP contribution in [0.2, 0.25) is 0 Å². The molecule has 1 atom stereocenters. The van der Waals surface area contributed by atoms with Crippen molar-refractivity contribution in [3.05, 3.63) is 0 Å². The molecule has 1 fully saturated rings. The lowest BCUT2D eigenvalue weighted by Gasteiger charge is -2.38. The van der Waals surface area contributed by atoms with Gasteiger partial charge in [0.15, 0.2) is 0 Å². The first kappa shape index (κ1) is 11.5.